The molecular weight excluding hydrogens is 495 g/mol. The molecule has 1 heterocycles. The summed E-state index contributed by atoms with van der Waals surface area (Å²) in [6.07, 6.45) is 1.57. The van der Waals surface area contributed by atoms with Crippen molar-refractivity contribution in [2.75, 3.05) is 6.61 Å². The molecule has 1 aromatic heterocycles. The van der Waals surface area contributed by atoms with E-state index in [1.807, 2.05) is 48.0 Å². The Hall–Kier alpha value is -3.25. The third kappa shape index (κ3) is 5.28. The number of H-pyrrole nitrogens is 1. The number of nitrogens with one attached hydrogen (secondary N) is 1. The number of carbonyl (C=O) groups is 1. The van der Waals surface area contributed by atoms with E-state index in [1.165, 1.54) is 0 Å². The van der Waals surface area contributed by atoms with Gasteiger partial charge in [-0.05, 0) is 61.0 Å². The highest BCUT2D eigenvalue weighted by Crippen LogP contribution is 2.29. The van der Waals surface area contributed by atoms with Gasteiger partial charge in [-0.2, -0.15) is 5.10 Å². The first-order valence-corrected chi connectivity index (χ1v) is 11.5. The standard InChI is InChI=1S/C26H19Cl3N2O3/c1-2-34-21-9-7-20(8-10-21)31-25(17-6-11-23(28)24(29)13-17)15-19(30-31)14-22(26(32)33)16-4-3-5-18(27)12-16/h3-15H,2H2,1H3,(H,32,33)/p+1/b22-14+. The summed E-state index contributed by atoms with van der Waals surface area (Å²) in [7, 11) is 0. The number of aliphatic carboxylic acids is 1. The van der Waals surface area contributed by atoms with Crippen molar-refractivity contribution in [3.63, 3.8) is 0 Å². The molecular formula is C26H20Cl3N2O3+. The van der Waals surface area contributed by atoms with Crippen LogP contribution >= 0.6 is 34.8 Å². The average Bonchev–Trinajstić information content (AvgIpc) is 3.24. The number of carboxylic acids is 1. The third-order valence-corrected chi connectivity index (χ3v) is 6.04. The van der Waals surface area contributed by atoms with Crippen LogP contribution < -0.4 is 9.42 Å². The van der Waals surface area contributed by atoms with Crippen molar-refractivity contribution in [2.24, 2.45) is 0 Å². The number of aromatic amines is 1. The van der Waals surface area contributed by atoms with Crippen LogP contribution in [0.1, 0.15) is 18.2 Å². The quantitative estimate of drug-likeness (QED) is 0.207. The monoisotopic (exact) mass is 513 g/mol. The Bertz CT molecular complexity index is 1380. The molecule has 0 amide bonds. The maximum Gasteiger partial charge on any atom is 0.336 e. The van der Waals surface area contributed by atoms with Crippen LogP contribution in [0.25, 0.3) is 28.6 Å². The molecule has 4 rings (SSSR count). The molecule has 0 unspecified atom stereocenters. The number of nitrogens with zero attached hydrogens (tertiary/aromatic N) is 1. The normalized spacial score (nSPS) is 11.5. The van der Waals surface area contributed by atoms with Gasteiger partial charge in [0.25, 0.3) is 0 Å². The van der Waals surface area contributed by atoms with E-state index in [-0.39, 0.29) is 5.57 Å². The summed E-state index contributed by atoms with van der Waals surface area (Å²) in [4.78, 5) is 12.1. The van der Waals surface area contributed by atoms with Gasteiger partial charge in [-0.3, -0.25) is 0 Å². The number of benzene rings is 3. The molecule has 4 aromatic rings. The van der Waals surface area contributed by atoms with Crippen LogP contribution in [0, 0.1) is 0 Å². The first-order chi connectivity index (χ1) is 16.4. The van der Waals surface area contributed by atoms with Crippen molar-refractivity contribution >= 4 is 52.4 Å². The molecule has 0 saturated heterocycles. The molecule has 5 nitrogen and oxygen atoms in total. The van der Waals surface area contributed by atoms with E-state index in [9.17, 15) is 9.90 Å². The summed E-state index contributed by atoms with van der Waals surface area (Å²) in [6.45, 7) is 2.49. The summed E-state index contributed by atoms with van der Waals surface area (Å²) < 4.78 is 7.39. The fraction of sp³-hybridized carbons (Fsp3) is 0.0769. The molecule has 0 atom stereocenters. The van der Waals surface area contributed by atoms with Crippen molar-refractivity contribution in [3.05, 3.63) is 99.1 Å². The Kier molecular flexibility index (Phi) is 7.27. The summed E-state index contributed by atoms with van der Waals surface area (Å²) in [5.41, 5.74) is 3.57. The maximum atomic E-state index is 12.1. The molecule has 8 heteroatoms. The molecule has 3 aromatic carbocycles. The number of hydrogen-bond acceptors (Lipinski definition) is 2. The van der Waals surface area contributed by atoms with Crippen molar-refractivity contribution in [1.82, 2.24) is 5.10 Å². The van der Waals surface area contributed by atoms with Crippen LogP contribution in [0.3, 0.4) is 0 Å². The number of halogens is 3. The highest BCUT2D eigenvalue weighted by Gasteiger charge is 2.22. The lowest BCUT2D eigenvalue weighted by Crippen LogP contribution is -2.34. The van der Waals surface area contributed by atoms with E-state index in [0.717, 1.165) is 22.7 Å². The third-order valence-electron chi connectivity index (χ3n) is 5.06. The van der Waals surface area contributed by atoms with Gasteiger partial charge in [0.1, 0.15) is 11.4 Å². The zero-order valence-electron chi connectivity index (χ0n) is 18.1. The molecule has 0 aliphatic heterocycles. The number of aromatic nitrogens is 2. The predicted octanol–water partition coefficient (Wildman–Crippen LogP) is 6.94. The molecule has 0 aliphatic carbocycles. The Morgan fingerprint density at radius 3 is 2.41 bits per heavy atom. The zero-order valence-corrected chi connectivity index (χ0v) is 20.3. The van der Waals surface area contributed by atoms with Crippen molar-refractivity contribution in [2.45, 2.75) is 6.92 Å². The molecule has 0 bridgehead atoms. The maximum absolute atomic E-state index is 12.1. The van der Waals surface area contributed by atoms with Crippen LogP contribution in [-0.4, -0.2) is 22.8 Å². The minimum atomic E-state index is -1.07. The molecule has 0 aliphatic rings. The smallest absolute Gasteiger partial charge is 0.336 e. The summed E-state index contributed by atoms with van der Waals surface area (Å²) in [5.74, 6) is -0.315. The van der Waals surface area contributed by atoms with Gasteiger partial charge >= 0.3 is 5.97 Å². The summed E-state index contributed by atoms with van der Waals surface area (Å²) in [5, 5.41) is 14.5. The minimum absolute atomic E-state index is 0.100. The van der Waals surface area contributed by atoms with Gasteiger partial charge in [0.05, 0.1) is 27.8 Å². The SMILES string of the molecule is CCOc1ccc(-[n+]2[nH]c(/C=C(/C(=O)O)c3cccc(Cl)c3)cc2-c2ccc(Cl)c(Cl)c2)cc1. The first kappa shape index (κ1) is 23.9. The van der Waals surface area contributed by atoms with Crippen LogP contribution in [0.15, 0.2) is 72.8 Å². The second-order valence-corrected chi connectivity index (χ2v) is 8.61. The van der Waals surface area contributed by atoms with Gasteiger partial charge in [0.15, 0.2) is 0 Å². The Morgan fingerprint density at radius 2 is 1.76 bits per heavy atom. The highest BCUT2D eigenvalue weighted by molar-refractivity contribution is 6.42. The second kappa shape index (κ2) is 10.3. The van der Waals surface area contributed by atoms with E-state index >= 15 is 0 Å². The Balaban J connectivity index is 1.86. The van der Waals surface area contributed by atoms with Crippen molar-refractivity contribution in [3.8, 4) is 22.7 Å². The van der Waals surface area contributed by atoms with Crippen LogP contribution in [-0.2, 0) is 4.79 Å². The summed E-state index contributed by atoms with van der Waals surface area (Å²) in [6, 6.07) is 21.5. The number of carboxylic acid groups (broad SMARTS) is 1. The van der Waals surface area contributed by atoms with E-state index in [4.69, 9.17) is 39.5 Å². The highest BCUT2D eigenvalue weighted by atomic mass is 35.5. The predicted molar refractivity (Wildman–Crippen MR) is 136 cm³/mol. The average molecular weight is 515 g/mol. The molecule has 172 valence electrons. The molecule has 0 fully saturated rings. The molecule has 0 spiro atoms. The number of rotatable bonds is 7. The number of ether oxygens (including phenoxy) is 1. The lowest BCUT2D eigenvalue weighted by molar-refractivity contribution is -0.644. The topological polar surface area (TPSA) is 66.2 Å². The summed E-state index contributed by atoms with van der Waals surface area (Å²) >= 11 is 18.5. The van der Waals surface area contributed by atoms with Gasteiger partial charge in [-0.25, -0.2) is 4.79 Å². The van der Waals surface area contributed by atoms with E-state index in [1.54, 1.807) is 42.5 Å². The van der Waals surface area contributed by atoms with Crippen LogP contribution in [0.5, 0.6) is 5.75 Å². The van der Waals surface area contributed by atoms with Gasteiger partial charge in [0.2, 0.25) is 11.4 Å². The molecule has 34 heavy (non-hydrogen) atoms. The van der Waals surface area contributed by atoms with Gasteiger partial charge in [-0.1, -0.05) is 51.6 Å². The van der Waals surface area contributed by atoms with Crippen LogP contribution in [0.2, 0.25) is 15.1 Å². The molecule has 0 saturated carbocycles. The molecule has 0 radical (unpaired) electrons. The minimum Gasteiger partial charge on any atom is -0.494 e. The zero-order chi connectivity index (χ0) is 24.2. The van der Waals surface area contributed by atoms with Crippen molar-refractivity contribution in [1.29, 1.82) is 0 Å². The lowest BCUT2D eigenvalue weighted by atomic mass is 10.0. The molecule has 2 N–H and O–H groups in total. The fourth-order valence-electron chi connectivity index (χ4n) is 3.52. The largest absolute Gasteiger partial charge is 0.494 e. The Morgan fingerprint density at radius 1 is 1.00 bits per heavy atom. The van der Waals surface area contributed by atoms with Gasteiger partial charge < -0.3 is 9.84 Å². The van der Waals surface area contributed by atoms with Crippen LogP contribution in [0.4, 0.5) is 0 Å². The fourth-order valence-corrected chi connectivity index (χ4v) is 4.01. The van der Waals surface area contributed by atoms with E-state index in [2.05, 4.69) is 5.10 Å². The van der Waals surface area contributed by atoms with Gasteiger partial charge in [0, 0.05) is 23.2 Å². The Labute approximate surface area is 211 Å². The van der Waals surface area contributed by atoms with Gasteiger partial charge in [-0.15, -0.1) is 0 Å². The van der Waals surface area contributed by atoms with E-state index in [0.29, 0.717) is 32.9 Å². The van der Waals surface area contributed by atoms with E-state index < -0.39 is 5.97 Å². The number of hydrogen-bond donors (Lipinski definition) is 2. The second-order valence-electron chi connectivity index (χ2n) is 7.36. The first-order valence-electron chi connectivity index (χ1n) is 10.4. The lowest BCUT2D eigenvalue weighted by Gasteiger charge is -2.03. The van der Waals surface area contributed by atoms with Crippen molar-refractivity contribution < 1.29 is 19.3 Å².